The van der Waals surface area contributed by atoms with E-state index in [9.17, 15) is 5.11 Å². The van der Waals surface area contributed by atoms with E-state index in [4.69, 9.17) is 0 Å². The van der Waals surface area contributed by atoms with Gasteiger partial charge < -0.3 is 15.3 Å². The minimum atomic E-state index is 0.199. The van der Waals surface area contributed by atoms with E-state index in [2.05, 4.69) is 40.0 Å². The van der Waals surface area contributed by atoms with E-state index in [1.807, 2.05) is 12.1 Å². The molecule has 0 aromatic heterocycles. The smallest absolute Gasteiger partial charge is 0.120 e. The van der Waals surface area contributed by atoms with Gasteiger partial charge in [0.15, 0.2) is 0 Å². The predicted octanol–water partition coefficient (Wildman–Crippen LogP) is 3.68. The summed E-state index contributed by atoms with van der Waals surface area (Å²) in [5, 5.41) is 13.7. The van der Waals surface area contributed by atoms with Gasteiger partial charge in [-0.1, -0.05) is 22.9 Å². The lowest BCUT2D eigenvalue weighted by Crippen LogP contribution is -2.39. The first-order chi connectivity index (χ1) is 9.60. The maximum Gasteiger partial charge on any atom is 0.120 e. The van der Waals surface area contributed by atoms with Crippen LogP contribution < -0.4 is 5.32 Å². The average Bonchev–Trinajstić information content (AvgIpc) is 2.92. The predicted molar refractivity (Wildman–Crippen MR) is 87.1 cm³/mol. The van der Waals surface area contributed by atoms with Gasteiger partial charge in [0.05, 0.1) is 0 Å². The Morgan fingerprint density at radius 2 is 2.05 bits per heavy atom. The molecule has 0 radical (unpaired) electrons. The molecule has 0 saturated carbocycles. The number of nitrogens with zero attached hydrogens (tertiary/aromatic N) is 1. The summed E-state index contributed by atoms with van der Waals surface area (Å²) in [6.45, 7) is 7.93. The molecule has 1 aromatic carbocycles. The Hall–Kier alpha value is -0.580. The summed E-state index contributed by atoms with van der Waals surface area (Å²) in [5.41, 5.74) is 0.982. The van der Waals surface area contributed by atoms with Crippen molar-refractivity contribution in [3.63, 3.8) is 0 Å². The monoisotopic (exact) mass is 340 g/mol. The fourth-order valence-corrected chi connectivity index (χ4v) is 3.36. The standard InChI is InChI=1S/C16H25BrN2O/c1-3-15(14-10-13(17)6-7-16(14)20)18-12(2)11-19-8-4-5-9-19/h6-7,10,12,15,18,20H,3-5,8-9,11H2,1-2H3. The third kappa shape index (κ3) is 4.21. The lowest BCUT2D eigenvalue weighted by atomic mass is 10.0. The quantitative estimate of drug-likeness (QED) is 0.829. The van der Waals surface area contributed by atoms with Crippen molar-refractivity contribution in [1.82, 2.24) is 10.2 Å². The molecule has 0 aliphatic carbocycles. The zero-order valence-electron chi connectivity index (χ0n) is 12.4. The highest BCUT2D eigenvalue weighted by Crippen LogP contribution is 2.29. The second-order valence-corrected chi connectivity index (χ2v) is 6.66. The van der Waals surface area contributed by atoms with Gasteiger partial charge in [-0.05, 0) is 57.5 Å². The molecule has 2 rings (SSSR count). The molecule has 2 unspecified atom stereocenters. The maximum atomic E-state index is 10.1. The van der Waals surface area contributed by atoms with E-state index in [0.29, 0.717) is 11.8 Å². The number of nitrogens with one attached hydrogen (secondary N) is 1. The Bertz CT molecular complexity index is 432. The van der Waals surface area contributed by atoms with Crippen molar-refractivity contribution in [3.8, 4) is 5.75 Å². The van der Waals surface area contributed by atoms with E-state index >= 15 is 0 Å². The second-order valence-electron chi connectivity index (χ2n) is 5.74. The van der Waals surface area contributed by atoms with Crippen LogP contribution in [0.4, 0.5) is 0 Å². The molecule has 1 saturated heterocycles. The number of aromatic hydroxyl groups is 1. The van der Waals surface area contributed by atoms with Crippen LogP contribution in [0.3, 0.4) is 0 Å². The molecular formula is C16H25BrN2O. The molecule has 1 aromatic rings. The molecule has 2 atom stereocenters. The number of likely N-dealkylation sites (tertiary alicyclic amines) is 1. The number of hydrogen-bond donors (Lipinski definition) is 2. The Kier molecular flexibility index (Phi) is 5.87. The Morgan fingerprint density at radius 3 is 2.70 bits per heavy atom. The Labute approximate surface area is 130 Å². The Balaban J connectivity index is 1.98. The van der Waals surface area contributed by atoms with Gasteiger partial charge in [-0.2, -0.15) is 0 Å². The van der Waals surface area contributed by atoms with Gasteiger partial charge in [0.1, 0.15) is 5.75 Å². The fourth-order valence-electron chi connectivity index (χ4n) is 2.98. The van der Waals surface area contributed by atoms with E-state index < -0.39 is 0 Å². The molecule has 1 aliphatic heterocycles. The highest BCUT2D eigenvalue weighted by molar-refractivity contribution is 9.10. The second kappa shape index (κ2) is 7.43. The molecule has 1 aliphatic rings. The lowest BCUT2D eigenvalue weighted by Gasteiger charge is -2.26. The van der Waals surface area contributed by atoms with E-state index in [1.165, 1.54) is 25.9 Å². The summed E-state index contributed by atoms with van der Waals surface area (Å²) < 4.78 is 1.01. The number of phenols is 1. The minimum absolute atomic E-state index is 0.199. The first kappa shape index (κ1) is 15.8. The van der Waals surface area contributed by atoms with Crippen LogP contribution in [0.2, 0.25) is 0 Å². The lowest BCUT2D eigenvalue weighted by molar-refractivity contribution is 0.283. The van der Waals surface area contributed by atoms with Crippen molar-refractivity contribution in [2.45, 2.75) is 45.2 Å². The van der Waals surface area contributed by atoms with Crippen LogP contribution >= 0.6 is 15.9 Å². The van der Waals surface area contributed by atoms with Crippen LogP contribution in [0, 0.1) is 0 Å². The molecule has 4 heteroatoms. The van der Waals surface area contributed by atoms with Gasteiger partial charge in [-0.25, -0.2) is 0 Å². The van der Waals surface area contributed by atoms with Crippen LogP contribution in [0.15, 0.2) is 22.7 Å². The van der Waals surface area contributed by atoms with Gasteiger partial charge >= 0.3 is 0 Å². The first-order valence-electron chi connectivity index (χ1n) is 7.57. The molecule has 0 bridgehead atoms. The third-order valence-electron chi connectivity index (χ3n) is 3.99. The van der Waals surface area contributed by atoms with Crippen molar-refractivity contribution < 1.29 is 5.11 Å². The number of rotatable bonds is 6. The summed E-state index contributed by atoms with van der Waals surface area (Å²) >= 11 is 3.48. The van der Waals surface area contributed by atoms with Gasteiger partial charge in [0.25, 0.3) is 0 Å². The molecule has 0 amide bonds. The van der Waals surface area contributed by atoms with Gasteiger partial charge in [-0.3, -0.25) is 0 Å². The summed E-state index contributed by atoms with van der Waals surface area (Å²) in [6.07, 6.45) is 3.63. The summed E-state index contributed by atoms with van der Waals surface area (Å²) in [7, 11) is 0. The van der Waals surface area contributed by atoms with E-state index in [0.717, 1.165) is 23.0 Å². The Morgan fingerprint density at radius 1 is 1.35 bits per heavy atom. The zero-order valence-corrected chi connectivity index (χ0v) is 14.0. The topological polar surface area (TPSA) is 35.5 Å². The molecule has 1 heterocycles. The fraction of sp³-hybridized carbons (Fsp3) is 0.625. The average molecular weight is 341 g/mol. The number of phenolic OH excluding ortho intramolecular Hbond substituents is 1. The van der Waals surface area contributed by atoms with Crippen molar-refractivity contribution >= 4 is 15.9 Å². The normalized spacial score (nSPS) is 19.1. The zero-order chi connectivity index (χ0) is 14.5. The van der Waals surface area contributed by atoms with Crippen LogP contribution in [-0.4, -0.2) is 35.7 Å². The summed E-state index contributed by atoms with van der Waals surface area (Å²) in [6, 6.07) is 6.27. The first-order valence-corrected chi connectivity index (χ1v) is 8.36. The van der Waals surface area contributed by atoms with Crippen LogP contribution in [0.5, 0.6) is 5.75 Å². The van der Waals surface area contributed by atoms with Crippen LogP contribution in [0.1, 0.15) is 44.7 Å². The molecule has 0 spiro atoms. The highest BCUT2D eigenvalue weighted by atomic mass is 79.9. The van der Waals surface area contributed by atoms with Crippen LogP contribution in [0.25, 0.3) is 0 Å². The molecule has 20 heavy (non-hydrogen) atoms. The van der Waals surface area contributed by atoms with Crippen molar-refractivity contribution in [2.24, 2.45) is 0 Å². The largest absolute Gasteiger partial charge is 0.508 e. The van der Waals surface area contributed by atoms with Crippen LogP contribution in [-0.2, 0) is 0 Å². The number of benzene rings is 1. The summed E-state index contributed by atoms with van der Waals surface area (Å²) in [4.78, 5) is 2.52. The summed E-state index contributed by atoms with van der Waals surface area (Å²) in [5.74, 6) is 0.376. The SMILES string of the molecule is CCC(NC(C)CN1CCCC1)c1cc(Br)ccc1O. The number of halogens is 1. The minimum Gasteiger partial charge on any atom is -0.508 e. The molecule has 2 N–H and O–H groups in total. The van der Waals surface area contributed by atoms with Gasteiger partial charge in [0, 0.05) is 28.7 Å². The van der Waals surface area contributed by atoms with E-state index in [-0.39, 0.29) is 6.04 Å². The van der Waals surface area contributed by atoms with Gasteiger partial charge in [0.2, 0.25) is 0 Å². The van der Waals surface area contributed by atoms with Crippen molar-refractivity contribution in [3.05, 3.63) is 28.2 Å². The third-order valence-corrected chi connectivity index (χ3v) is 4.48. The molecule has 1 fully saturated rings. The van der Waals surface area contributed by atoms with Gasteiger partial charge in [-0.15, -0.1) is 0 Å². The van der Waals surface area contributed by atoms with E-state index in [1.54, 1.807) is 6.07 Å². The molecular weight excluding hydrogens is 316 g/mol. The van der Waals surface area contributed by atoms with Crippen molar-refractivity contribution in [2.75, 3.05) is 19.6 Å². The number of hydrogen-bond acceptors (Lipinski definition) is 3. The highest BCUT2D eigenvalue weighted by Gasteiger charge is 2.19. The maximum absolute atomic E-state index is 10.1. The molecule has 112 valence electrons. The molecule has 3 nitrogen and oxygen atoms in total. The van der Waals surface area contributed by atoms with Crippen molar-refractivity contribution in [1.29, 1.82) is 0 Å².